The van der Waals surface area contributed by atoms with Crippen LogP contribution in [-0.4, -0.2) is 9.55 Å². The molecule has 1 N–H and O–H groups in total. The van der Waals surface area contributed by atoms with Gasteiger partial charge in [-0.15, -0.1) is 0 Å². The number of imidazole rings is 1. The molecule has 3 rings (SSSR count). The predicted octanol–water partition coefficient (Wildman–Crippen LogP) is 3.45. The van der Waals surface area contributed by atoms with E-state index >= 15 is 0 Å². The summed E-state index contributed by atoms with van der Waals surface area (Å²) in [7, 11) is 0. The maximum atomic E-state index is 12.1. The summed E-state index contributed by atoms with van der Waals surface area (Å²) in [5.74, 6) is 0. The number of aryl methyl sites for hydroxylation is 1. The Morgan fingerprint density at radius 1 is 1.16 bits per heavy atom. The number of aromatic amines is 1. The first kappa shape index (κ1) is 12.2. The molecule has 96 valence electrons. The number of halogens is 1. The third-order valence-electron chi connectivity index (χ3n) is 3.25. The molecule has 0 aliphatic rings. The second-order valence-electron chi connectivity index (χ2n) is 4.61. The number of H-pyrrole nitrogens is 1. The monoisotopic (exact) mass is 316 g/mol. The molecular formula is C15H13BrN2O. The van der Waals surface area contributed by atoms with Gasteiger partial charge in [0.25, 0.3) is 0 Å². The first-order valence-electron chi connectivity index (χ1n) is 6.08. The number of hydrogen-bond donors (Lipinski definition) is 1. The van der Waals surface area contributed by atoms with Crippen molar-refractivity contribution in [2.45, 2.75) is 13.5 Å². The van der Waals surface area contributed by atoms with Gasteiger partial charge in [-0.3, -0.25) is 4.57 Å². The zero-order valence-corrected chi connectivity index (χ0v) is 12.1. The molecule has 0 saturated heterocycles. The van der Waals surface area contributed by atoms with Crippen LogP contribution in [0, 0.1) is 6.92 Å². The molecule has 0 radical (unpaired) electrons. The van der Waals surface area contributed by atoms with Crippen molar-refractivity contribution in [2.75, 3.05) is 0 Å². The van der Waals surface area contributed by atoms with Gasteiger partial charge in [0, 0.05) is 4.47 Å². The van der Waals surface area contributed by atoms with Crippen molar-refractivity contribution in [3.05, 3.63) is 68.5 Å². The van der Waals surface area contributed by atoms with Crippen molar-refractivity contribution in [1.29, 1.82) is 0 Å². The number of rotatable bonds is 2. The van der Waals surface area contributed by atoms with Crippen LogP contribution in [0.1, 0.15) is 11.1 Å². The van der Waals surface area contributed by atoms with Crippen molar-refractivity contribution in [1.82, 2.24) is 9.55 Å². The second kappa shape index (κ2) is 4.70. The fourth-order valence-corrected chi connectivity index (χ4v) is 2.59. The van der Waals surface area contributed by atoms with E-state index in [-0.39, 0.29) is 5.69 Å². The normalized spacial score (nSPS) is 11.1. The first-order valence-corrected chi connectivity index (χ1v) is 6.87. The molecule has 0 bridgehead atoms. The number of aromatic nitrogens is 2. The fraction of sp³-hybridized carbons (Fsp3) is 0.133. The molecule has 0 atom stereocenters. The molecule has 0 unspecified atom stereocenters. The molecule has 0 aliphatic carbocycles. The van der Waals surface area contributed by atoms with Gasteiger partial charge in [-0.1, -0.05) is 40.2 Å². The molecule has 0 aliphatic heterocycles. The lowest BCUT2D eigenvalue weighted by atomic mass is 10.2. The predicted molar refractivity (Wildman–Crippen MR) is 80.5 cm³/mol. The molecule has 0 spiro atoms. The van der Waals surface area contributed by atoms with Crippen LogP contribution >= 0.6 is 15.9 Å². The molecular weight excluding hydrogens is 304 g/mol. The highest BCUT2D eigenvalue weighted by Gasteiger charge is 2.08. The average Bonchev–Trinajstić information content (AvgIpc) is 2.70. The van der Waals surface area contributed by atoms with Gasteiger partial charge in [0.05, 0.1) is 17.6 Å². The van der Waals surface area contributed by atoms with Crippen molar-refractivity contribution in [3.8, 4) is 0 Å². The molecule has 1 aromatic heterocycles. The minimum atomic E-state index is -0.0628. The third-order valence-corrected chi connectivity index (χ3v) is 3.78. The molecule has 3 aromatic rings. The quantitative estimate of drug-likeness (QED) is 0.772. The van der Waals surface area contributed by atoms with E-state index in [1.165, 1.54) is 0 Å². The van der Waals surface area contributed by atoms with Crippen LogP contribution in [0.5, 0.6) is 0 Å². The van der Waals surface area contributed by atoms with Crippen LogP contribution in [-0.2, 0) is 6.54 Å². The largest absolute Gasteiger partial charge is 0.326 e. The Hall–Kier alpha value is -1.81. The molecule has 0 saturated carbocycles. The average molecular weight is 317 g/mol. The number of benzene rings is 2. The molecule has 3 nitrogen and oxygen atoms in total. The van der Waals surface area contributed by atoms with Crippen LogP contribution < -0.4 is 5.69 Å². The molecule has 4 heteroatoms. The van der Waals surface area contributed by atoms with Crippen molar-refractivity contribution in [3.63, 3.8) is 0 Å². The van der Waals surface area contributed by atoms with E-state index in [4.69, 9.17) is 0 Å². The summed E-state index contributed by atoms with van der Waals surface area (Å²) in [4.78, 5) is 15.0. The van der Waals surface area contributed by atoms with Gasteiger partial charge >= 0.3 is 5.69 Å². The summed E-state index contributed by atoms with van der Waals surface area (Å²) in [5.41, 5.74) is 4.02. The van der Waals surface area contributed by atoms with Gasteiger partial charge in [0.1, 0.15) is 0 Å². The lowest BCUT2D eigenvalue weighted by molar-refractivity contribution is 0.785. The van der Waals surface area contributed by atoms with Crippen LogP contribution in [0.3, 0.4) is 0 Å². The number of nitrogens with zero attached hydrogens (tertiary/aromatic N) is 1. The van der Waals surface area contributed by atoms with Crippen molar-refractivity contribution < 1.29 is 0 Å². The van der Waals surface area contributed by atoms with Crippen molar-refractivity contribution in [2.24, 2.45) is 0 Å². The van der Waals surface area contributed by atoms with E-state index in [0.717, 1.165) is 26.6 Å². The Morgan fingerprint density at radius 2 is 1.89 bits per heavy atom. The minimum Gasteiger partial charge on any atom is -0.306 e. The zero-order valence-electron chi connectivity index (χ0n) is 10.5. The maximum Gasteiger partial charge on any atom is 0.326 e. The lowest BCUT2D eigenvalue weighted by Gasteiger charge is -2.06. The summed E-state index contributed by atoms with van der Waals surface area (Å²) in [5, 5.41) is 0. The van der Waals surface area contributed by atoms with Crippen LogP contribution in [0.2, 0.25) is 0 Å². The highest BCUT2D eigenvalue weighted by Crippen LogP contribution is 2.17. The van der Waals surface area contributed by atoms with Gasteiger partial charge in [0.15, 0.2) is 0 Å². The molecule has 1 heterocycles. The highest BCUT2D eigenvalue weighted by atomic mass is 79.9. The second-order valence-corrected chi connectivity index (χ2v) is 5.53. The van der Waals surface area contributed by atoms with Gasteiger partial charge in [0.2, 0.25) is 0 Å². The Kier molecular flexibility index (Phi) is 3.03. The van der Waals surface area contributed by atoms with E-state index in [9.17, 15) is 4.79 Å². The van der Waals surface area contributed by atoms with Crippen LogP contribution in [0.4, 0.5) is 0 Å². The summed E-state index contributed by atoms with van der Waals surface area (Å²) in [6.07, 6.45) is 0. The molecule has 0 fully saturated rings. The summed E-state index contributed by atoms with van der Waals surface area (Å²) in [6.45, 7) is 2.60. The Balaban J connectivity index is 2.12. The van der Waals surface area contributed by atoms with Gasteiger partial charge in [-0.05, 0) is 36.2 Å². The molecule has 2 aromatic carbocycles. The summed E-state index contributed by atoms with van der Waals surface area (Å²) < 4.78 is 2.83. The summed E-state index contributed by atoms with van der Waals surface area (Å²) in [6, 6.07) is 13.9. The van der Waals surface area contributed by atoms with Gasteiger partial charge in [-0.2, -0.15) is 0 Å². The number of fused-ring (bicyclic) bond motifs is 1. The topological polar surface area (TPSA) is 37.8 Å². The smallest absolute Gasteiger partial charge is 0.306 e. The van der Waals surface area contributed by atoms with E-state index in [2.05, 4.69) is 20.9 Å². The Labute approximate surface area is 119 Å². The van der Waals surface area contributed by atoms with E-state index in [0.29, 0.717) is 6.54 Å². The summed E-state index contributed by atoms with van der Waals surface area (Å²) >= 11 is 3.41. The third kappa shape index (κ3) is 2.24. The zero-order chi connectivity index (χ0) is 13.4. The standard InChI is InChI=1S/C15H13BrN2O/c1-10-3-2-4-13-14(10)18(15(19)17-13)9-11-5-7-12(16)8-6-11/h2-8H,9H2,1H3,(H,17,19). The van der Waals surface area contributed by atoms with Crippen LogP contribution in [0.15, 0.2) is 51.7 Å². The molecule has 19 heavy (non-hydrogen) atoms. The van der Waals surface area contributed by atoms with E-state index in [1.807, 2.05) is 49.4 Å². The number of hydrogen-bond acceptors (Lipinski definition) is 1. The molecule has 0 amide bonds. The van der Waals surface area contributed by atoms with E-state index < -0.39 is 0 Å². The van der Waals surface area contributed by atoms with E-state index in [1.54, 1.807) is 4.57 Å². The van der Waals surface area contributed by atoms with Gasteiger partial charge < -0.3 is 4.98 Å². The van der Waals surface area contributed by atoms with Crippen LogP contribution in [0.25, 0.3) is 11.0 Å². The lowest BCUT2D eigenvalue weighted by Crippen LogP contribution is -2.17. The number of para-hydroxylation sites is 1. The Bertz CT molecular complexity index is 784. The highest BCUT2D eigenvalue weighted by molar-refractivity contribution is 9.10. The maximum absolute atomic E-state index is 12.1. The number of nitrogens with one attached hydrogen (secondary N) is 1. The Morgan fingerprint density at radius 3 is 2.63 bits per heavy atom. The minimum absolute atomic E-state index is 0.0628. The fourth-order valence-electron chi connectivity index (χ4n) is 2.33. The first-order chi connectivity index (χ1) is 9.15. The van der Waals surface area contributed by atoms with Gasteiger partial charge in [-0.25, -0.2) is 4.79 Å². The SMILES string of the molecule is Cc1cccc2[nH]c(=O)n(Cc3ccc(Br)cc3)c12. The van der Waals surface area contributed by atoms with Crippen molar-refractivity contribution >= 4 is 27.0 Å².